The largest absolute Gasteiger partial charge is 0.382 e. The van der Waals surface area contributed by atoms with Gasteiger partial charge >= 0.3 is 6.03 Å². The van der Waals surface area contributed by atoms with E-state index in [0.717, 1.165) is 72.0 Å². The van der Waals surface area contributed by atoms with E-state index in [4.69, 9.17) is 16.5 Å². The van der Waals surface area contributed by atoms with E-state index in [9.17, 15) is 9.59 Å². The summed E-state index contributed by atoms with van der Waals surface area (Å²) in [7, 11) is 0. The number of pyridine rings is 1. The molecule has 36 heavy (non-hydrogen) atoms. The van der Waals surface area contributed by atoms with E-state index in [-0.39, 0.29) is 29.9 Å². The van der Waals surface area contributed by atoms with Crippen LogP contribution in [0.3, 0.4) is 0 Å². The van der Waals surface area contributed by atoms with Crippen LogP contribution in [0.4, 0.5) is 10.6 Å². The standard InChI is InChI=1S/C26H35N7O2S/c1-2-3-11-20-31-22-23(16-8-4-5-9-17(16)29-24(22)27)33(20)13-12-15(25(28)34)7-6-10-19-21-18(14-36-19)30-26(35)32-21/h4-5,8-9,15,18-19,21H,2-3,6-7,10-14H2,1H3,(H2,27,29)(H2,28,34)(H2,30,32,35). The smallest absolute Gasteiger partial charge is 0.315 e. The Morgan fingerprint density at radius 2 is 2.06 bits per heavy atom. The molecule has 2 fully saturated rings. The van der Waals surface area contributed by atoms with Crippen LogP contribution in [0.5, 0.6) is 0 Å². The summed E-state index contributed by atoms with van der Waals surface area (Å²) in [5.41, 5.74) is 14.7. The lowest BCUT2D eigenvalue weighted by molar-refractivity contribution is -0.122. The van der Waals surface area contributed by atoms with Gasteiger partial charge in [-0.2, -0.15) is 11.8 Å². The lowest BCUT2D eigenvalue weighted by Crippen LogP contribution is -2.36. The molecule has 5 rings (SSSR count). The summed E-state index contributed by atoms with van der Waals surface area (Å²) >= 11 is 1.90. The third-order valence-corrected chi connectivity index (χ3v) is 9.03. The minimum absolute atomic E-state index is 0.0693. The molecule has 9 nitrogen and oxygen atoms in total. The van der Waals surface area contributed by atoms with Crippen molar-refractivity contribution in [2.75, 3.05) is 11.5 Å². The van der Waals surface area contributed by atoms with Crippen LogP contribution in [0.15, 0.2) is 24.3 Å². The van der Waals surface area contributed by atoms with Gasteiger partial charge in [0.05, 0.1) is 23.1 Å². The minimum atomic E-state index is -0.256. The number of para-hydroxylation sites is 1. The molecular weight excluding hydrogens is 474 g/mol. The lowest BCUT2D eigenvalue weighted by Gasteiger charge is -2.19. The van der Waals surface area contributed by atoms with Gasteiger partial charge in [-0.3, -0.25) is 4.79 Å². The van der Waals surface area contributed by atoms with Crippen molar-refractivity contribution < 1.29 is 9.59 Å². The van der Waals surface area contributed by atoms with Crippen molar-refractivity contribution in [3.05, 3.63) is 30.1 Å². The molecule has 192 valence electrons. The second-order valence-corrected chi connectivity index (χ2v) is 11.2. The molecule has 6 N–H and O–H groups in total. The van der Waals surface area contributed by atoms with Gasteiger partial charge in [-0.1, -0.05) is 38.0 Å². The number of amides is 3. The van der Waals surface area contributed by atoms with Gasteiger partial charge in [0.25, 0.3) is 0 Å². The van der Waals surface area contributed by atoms with Crippen molar-refractivity contribution >= 4 is 51.5 Å². The summed E-state index contributed by atoms with van der Waals surface area (Å²) in [4.78, 5) is 33.5. The molecule has 0 radical (unpaired) electrons. The highest BCUT2D eigenvalue weighted by Crippen LogP contribution is 2.34. The number of hydrogen-bond donors (Lipinski definition) is 4. The number of unbranched alkanes of at least 4 members (excludes halogenated alkanes) is 1. The number of hydrogen-bond acceptors (Lipinski definition) is 6. The quantitative estimate of drug-likeness (QED) is 0.292. The predicted molar refractivity (Wildman–Crippen MR) is 145 cm³/mol. The van der Waals surface area contributed by atoms with E-state index in [2.05, 4.69) is 33.2 Å². The summed E-state index contributed by atoms with van der Waals surface area (Å²) in [6.45, 7) is 2.82. The number of primary amides is 1. The van der Waals surface area contributed by atoms with Crippen molar-refractivity contribution in [1.82, 2.24) is 25.2 Å². The van der Waals surface area contributed by atoms with Gasteiger partial charge in [-0.05, 0) is 31.7 Å². The average molecular weight is 510 g/mol. The fourth-order valence-electron chi connectivity index (χ4n) is 5.59. The SMILES string of the molecule is CCCCc1nc2c(N)nc3ccccc3c2n1CCC(CCCC1SCC2NC(=O)NC21)C(N)=O. The molecular formula is C26H35N7O2S. The molecule has 3 amide bonds. The van der Waals surface area contributed by atoms with Crippen molar-refractivity contribution in [3.8, 4) is 0 Å². The number of carbonyl (C=O) groups excluding carboxylic acids is 2. The number of nitrogens with zero attached hydrogens (tertiary/aromatic N) is 3. The Morgan fingerprint density at radius 3 is 2.86 bits per heavy atom. The number of imidazole rings is 1. The molecule has 0 aliphatic carbocycles. The number of urea groups is 1. The van der Waals surface area contributed by atoms with Crippen LogP contribution in [0.25, 0.3) is 21.9 Å². The monoisotopic (exact) mass is 509 g/mol. The zero-order valence-corrected chi connectivity index (χ0v) is 21.5. The third-order valence-electron chi connectivity index (χ3n) is 7.53. The van der Waals surface area contributed by atoms with E-state index in [0.29, 0.717) is 24.0 Å². The van der Waals surface area contributed by atoms with Crippen LogP contribution in [0.2, 0.25) is 0 Å². The summed E-state index contributed by atoms with van der Waals surface area (Å²) < 4.78 is 2.23. The number of nitrogens with two attached hydrogens (primary N) is 2. The molecule has 4 heterocycles. The normalized spacial score (nSPS) is 22.0. The highest BCUT2D eigenvalue weighted by Gasteiger charge is 2.42. The van der Waals surface area contributed by atoms with Crippen LogP contribution < -0.4 is 22.1 Å². The molecule has 1 aromatic carbocycles. The van der Waals surface area contributed by atoms with E-state index >= 15 is 0 Å². The van der Waals surface area contributed by atoms with Gasteiger partial charge in [-0.15, -0.1) is 0 Å². The number of thioether (sulfide) groups is 1. The van der Waals surface area contributed by atoms with E-state index in [1.807, 2.05) is 30.0 Å². The molecule has 0 saturated carbocycles. The number of nitrogens with one attached hydrogen (secondary N) is 2. The Balaban J connectivity index is 1.32. The number of rotatable bonds is 11. The Kier molecular flexibility index (Phi) is 7.22. The van der Waals surface area contributed by atoms with Gasteiger partial charge in [0.2, 0.25) is 5.91 Å². The third kappa shape index (κ3) is 4.83. The number of carbonyl (C=O) groups is 2. The summed E-state index contributed by atoms with van der Waals surface area (Å²) in [6, 6.07) is 8.31. The first-order valence-electron chi connectivity index (χ1n) is 13.0. The molecule has 2 aliphatic heterocycles. The fourth-order valence-corrected chi connectivity index (χ4v) is 7.14. The maximum atomic E-state index is 12.4. The van der Waals surface area contributed by atoms with Gasteiger partial charge in [0.15, 0.2) is 5.82 Å². The van der Waals surface area contributed by atoms with Gasteiger partial charge in [0, 0.05) is 35.3 Å². The van der Waals surface area contributed by atoms with Crippen molar-refractivity contribution in [2.45, 2.75) is 75.7 Å². The van der Waals surface area contributed by atoms with Crippen molar-refractivity contribution in [2.24, 2.45) is 11.7 Å². The van der Waals surface area contributed by atoms with Crippen molar-refractivity contribution in [1.29, 1.82) is 0 Å². The highest BCUT2D eigenvalue weighted by molar-refractivity contribution is 8.00. The molecule has 0 bridgehead atoms. The second-order valence-electron chi connectivity index (χ2n) is 9.94. The summed E-state index contributed by atoms with van der Waals surface area (Å²) in [5.74, 6) is 1.89. The van der Waals surface area contributed by atoms with Crippen LogP contribution >= 0.6 is 11.8 Å². The first-order valence-corrected chi connectivity index (χ1v) is 14.0. The summed E-state index contributed by atoms with van der Waals surface area (Å²) in [5, 5.41) is 7.42. The van der Waals surface area contributed by atoms with Crippen LogP contribution in [-0.4, -0.2) is 49.6 Å². The van der Waals surface area contributed by atoms with Crippen LogP contribution in [-0.2, 0) is 17.8 Å². The summed E-state index contributed by atoms with van der Waals surface area (Å²) in [6.07, 6.45) is 6.20. The molecule has 10 heteroatoms. The van der Waals surface area contributed by atoms with Gasteiger partial charge in [-0.25, -0.2) is 14.8 Å². The molecule has 3 aromatic rings. The highest BCUT2D eigenvalue weighted by atomic mass is 32.2. The van der Waals surface area contributed by atoms with Crippen LogP contribution in [0, 0.1) is 5.92 Å². The number of aromatic nitrogens is 3. The number of fused-ring (bicyclic) bond motifs is 4. The molecule has 2 saturated heterocycles. The Morgan fingerprint density at radius 1 is 1.22 bits per heavy atom. The second kappa shape index (κ2) is 10.5. The predicted octanol–water partition coefficient (Wildman–Crippen LogP) is 3.34. The van der Waals surface area contributed by atoms with Gasteiger partial charge < -0.3 is 26.7 Å². The lowest BCUT2D eigenvalue weighted by atomic mass is 9.95. The first kappa shape index (κ1) is 24.7. The Hall–Kier alpha value is -3.01. The number of anilines is 1. The van der Waals surface area contributed by atoms with Gasteiger partial charge in [0.1, 0.15) is 11.3 Å². The van der Waals surface area contributed by atoms with Crippen molar-refractivity contribution in [3.63, 3.8) is 0 Å². The van der Waals surface area contributed by atoms with E-state index in [1.54, 1.807) is 0 Å². The maximum Gasteiger partial charge on any atom is 0.315 e. The first-order chi connectivity index (χ1) is 17.5. The minimum Gasteiger partial charge on any atom is -0.382 e. The zero-order valence-electron chi connectivity index (χ0n) is 20.7. The average Bonchev–Trinajstić information content (AvgIpc) is 3.52. The Bertz CT molecular complexity index is 1280. The molecule has 4 unspecified atom stereocenters. The topological polar surface area (TPSA) is 141 Å². The van der Waals surface area contributed by atoms with E-state index < -0.39 is 0 Å². The maximum absolute atomic E-state index is 12.4. The van der Waals surface area contributed by atoms with Crippen LogP contribution in [0.1, 0.15) is 51.3 Å². The molecule has 0 spiro atoms. The van der Waals surface area contributed by atoms with E-state index in [1.165, 1.54) is 0 Å². The molecule has 4 atom stereocenters. The zero-order chi connectivity index (χ0) is 25.2. The number of aryl methyl sites for hydroxylation is 2. The fraction of sp³-hybridized carbons (Fsp3) is 0.538. The molecule has 2 aliphatic rings. The Labute approximate surface area is 215 Å². The number of nitrogen functional groups attached to an aromatic ring is 1. The molecule has 2 aromatic heterocycles. The number of benzene rings is 1.